The molecule has 1 atom stereocenters. The molecular weight excluding hydrogens is 221 g/mol. The zero-order chi connectivity index (χ0) is 10.6. The molecule has 1 heterocycles. The monoisotopic (exact) mass is 233 g/mol. The average Bonchev–Trinajstić information content (AvgIpc) is 2.16. The van der Waals surface area contributed by atoms with Gasteiger partial charge in [-0.25, -0.2) is 9.97 Å². The minimum Gasteiger partial charge on any atom is -0.365 e. The highest BCUT2D eigenvalue weighted by molar-refractivity contribution is 6.32. The fraction of sp³-hybridized carbons (Fsp3) is 0.556. The van der Waals surface area contributed by atoms with Gasteiger partial charge in [0.2, 0.25) is 0 Å². The Morgan fingerprint density at radius 1 is 1.50 bits per heavy atom. The summed E-state index contributed by atoms with van der Waals surface area (Å²) in [6, 6.07) is 0.170. The minimum atomic E-state index is 0.170. The SMILES string of the molecule is CC(C)C(CCl)Nc1ncncc1Cl. The van der Waals surface area contributed by atoms with Gasteiger partial charge < -0.3 is 5.32 Å². The van der Waals surface area contributed by atoms with Gasteiger partial charge in [0.15, 0.2) is 0 Å². The number of halogens is 2. The predicted molar refractivity (Wildman–Crippen MR) is 60.0 cm³/mol. The summed E-state index contributed by atoms with van der Waals surface area (Å²) in [6.07, 6.45) is 3.02. The number of anilines is 1. The summed E-state index contributed by atoms with van der Waals surface area (Å²) in [7, 11) is 0. The molecular formula is C9H13Cl2N3. The Bertz CT molecular complexity index is 291. The largest absolute Gasteiger partial charge is 0.365 e. The van der Waals surface area contributed by atoms with Crippen molar-refractivity contribution < 1.29 is 0 Å². The third-order valence-corrected chi connectivity index (χ3v) is 2.57. The molecule has 1 unspecified atom stereocenters. The van der Waals surface area contributed by atoms with Crippen molar-refractivity contribution in [3.63, 3.8) is 0 Å². The smallest absolute Gasteiger partial charge is 0.148 e. The van der Waals surface area contributed by atoms with Crippen molar-refractivity contribution >= 4 is 29.0 Å². The van der Waals surface area contributed by atoms with Gasteiger partial charge in [-0.1, -0.05) is 25.4 Å². The fourth-order valence-corrected chi connectivity index (χ4v) is 1.57. The standard InChI is InChI=1S/C9H13Cl2N3/c1-6(2)8(3-10)14-9-7(11)4-12-5-13-9/h4-6,8H,3H2,1-2H3,(H,12,13,14). The normalized spacial score (nSPS) is 12.9. The molecule has 0 amide bonds. The summed E-state index contributed by atoms with van der Waals surface area (Å²) >= 11 is 11.7. The third-order valence-electron chi connectivity index (χ3n) is 1.96. The second-order valence-corrected chi connectivity index (χ2v) is 4.08. The summed E-state index contributed by atoms with van der Waals surface area (Å²) in [5.74, 6) is 1.59. The van der Waals surface area contributed by atoms with Crippen LogP contribution in [0, 0.1) is 5.92 Å². The van der Waals surface area contributed by atoms with Crippen molar-refractivity contribution in [2.45, 2.75) is 19.9 Å². The van der Waals surface area contributed by atoms with Crippen LogP contribution in [0.2, 0.25) is 5.02 Å². The Kier molecular flexibility index (Phi) is 4.42. The van der Waals surface area contributed by atoms with E-state index in [1.807, 2.05) is 0 Å². The first-order valence-corrected chi connectivity index (χ1v) is 5.34. The van der Waals surface area contributed by atoms with Crippen LogP contribution in [-0.4, -0.2) is 21.9 Å². The van der Waals surface area contributed by atoms with Gasteiger partial charge in [0.1, 0.15) is 17.2 Å². The highest BCUT2D eigenvalue weighted by Crippen LogP contribution is 2.19. The molecule has 0 saturated heterocycles. The van der Waals surface area contributed by atoms with Gasteiger partial charge in [0, 0.05) is 11.9 Å². The van der Waals surface area contributed by atoms with E-state index in [0.717, 1.165) is 0 Å². The van der Waals surface area contributed by atoms with Gasteiger partial charge in [-0.15, -0.1) is 11.6 Å². The molecule has 0 aromatic carbocycles. The van der Waals surface area contributed by atoms with E-state index < -0.39 is 0 Å². The Balaban J connectivity index is 2.72. The van der Waals surface area contributed by atoms with Gasteiger partial charge >= 0.3 is 0 Å². The highest BCUT2D eigenvalue weighted by atomic mass is 35.5. The Hall–Kier alpha value is -0.540. The lowest BCUT2D eigenvalue weighted by Crippen LogP contribution is -2.27. The molecule has 0 aliphatic rings. The van der Waals surface area contributed by atoms with Crippen molar-refractivity contribution in [1.29, 1.82) is 0 Å². The molecule has 1 aromatic heterocycles. The Morgan fingerprint density at radius 2 is 2.21 bits per heavy atom. The maximum atomic E-state index is 5.90. The third kappa shape index (κ3) is 3.00. The lowest BCUT2D eigenvalue weighted by molar-refractivity contribution is 0.562. The molecule has 1 aromatic rings. The zero-order valence-corrected chi connectivity index (χ0v) is 9.68. The Morgan fingerprint density at radius 3 is 2.71 bits per heavy atom. The van der Waals surface area contributed by atoms with E-state index in [-0.39, 0.29) is 6.04 Å². The van der Waals surface area contributed by atoms with Crippen LogP contribution in [-0.2, 0) is 0 Å². The van der Waals surface area contributed by atoms with Crippen LogP contribution in [0.1, 0.15) is 13.8 Å². The lowest BCUT2D eigenvalue weighted by atomic mass is 10.1. The van der Waals surface area contributed by atoms with Crippen molar-refractivity contribution in [3.05, 3.63) is 17.5 Å². The average molecular weight is 234 g/mol. The van der Waals surface area contributed by atoms with Gasteiger partial charge in [0.25, 0.3) is 0 Å². The molecule has 0 aliphatic heterocycles. The molecule has 1 N–H and O–H groups in total. The number of hydrogen-bond donors (Lipinski definition) is 1. The molecule has 3 nitrogen and oxygen atoms in total. The number of alkyl halides is 1. The van der Waals surface area contributed by atoms with Crippen molar-refractivity contribution in [3.8, 4) is 0 Å². The fourth-order valence-electron chi connectivity index (χ4n) is 0.978. The van der Waals surface area contributed by atoms with Gasteiger partial charge in [-0.05, 0) is 5.92 Å². The first-order valence-electron chi connectivity index (χ1n) is 4.43. The van der Waals surface area contributed by atoms with Crippen LogP contribution in [0.3, 0.4) is 0 Å². The van der Waals surface area contributed by atoms with E-state index in [2.05, 4.69) is 29.1 Å². The Labute approximate surface area is 93.9 Å². The van der Waals surface area contributed by atoms with Crippen LogP contribution in [0.4, 0.5) is 5.82 Å². The molecule has 14 heavy (non-hydrogen) atoms. The molecule has 0 fully saturated rings. The van der Waals surface area contributed by atoms with E-state index in [0.29, 0.717) is 22.6 Å². The van der Waals surface area contributed by atoms with E-state index in [1.165, 1.54) is 6.33 Å². The molecule has 0 radical (unpaired) electrons. The molecule has 1 rings (SSSR count). The maximum absolute atomic E-state index is 5.90. The molecule has 0 saturated carbocycles. The van der Waals surface area contributed by atoms with Crippen LogP contribution in [0.25, 0.3) is 0 Å². The quantitative estimate of drug-likeness (QED) is 0.814. The van der Waals surface area contributed by atoms with E-state index >= 15 is 0 Å². The van der Waals surface area contributed by atoms with Crippen molar-refractivity contribution in [2.75, 3.05) is 11.2 Å². The molecule has 0 spiro atoms. The lowest BCUT2D eigenvalue weighted by Gasteiger charge is -2.20. The van der Waals surface area contributed by atoms with Crippen LogP contribution in [0.5, 0.6) is 0 Å². The number of hydrogen-bond acceptors (Lipinski definition) is 3. The number of nitrogens with zero attached hydrogens (tertiary/aromatic N) is 2. The maximum Gasteiger partial charge on any atom is 0.148 e. The molecule has 0 bridgehead atoms. The second kappa shape index (κ2) is 5.37. The second-order valence-electron chi connectivity index (χ2n) is 3.37. The first-order chi connectivity index (χ1) is 6.65. The van der Waals surface area contributed by atoms with E-state index in [4.69, 9.17) is 23.2 Å². The molecule has 5 heteroatoms. The zero-order valence-electron chi connectivity index (χ0n) is 8.17. The van der Waals surface area contributed by atoms with Crippen LogP contribution in [0.15, 0.2) is 12.5 Å². The minimum absolute atomic E-state index is 0.170. The van der Waals surface area contributed by atoms with E-state index in [1.54, 1.807) is 6.20 Å². The van der Waals surface area contributed by atoms with Crippen molar-refractivity contribution in [2.24, 2.45) is 5.92 Å². The number of aromatic nitrogens is 2. The highest BCUT2D eigenvalue weighted by Gasteiger charge is 2.13. The predicted octanol–water partition coefficient (Wildman–Crippen LogP) is 2.81. The first kappa shape index (κ1) is 11.5. The summed E-state index contributed by atoms with van der Waals surface area (Å²) in [4.78, 5) is 7.84. The van der Waals surface area contributed by atoms with Crippen molar-refractivity contribution in [1.82, 2.24) is 9.97 Å². The summed E-state index contributed by atoms with van der Waals surface area (Å²) in [5, 5.41) is 3.70. The van der Waals surface area contributed by atoms with Gasteiger partial charge in [-0.2, -0.15) is 0 Å². The number of rotatable bonds is 4. The van der Waals surface area contributed by atoms with Crippen LogP contribution >= 0.6 is 23.2 Å². The van der Waals surface area contributed by atoms with Crippen LogP contribution < -0.4 is 5.32 Å². The van der Waals surface area contributed by atoms with Gasteiger partial charge in [0.05, 0.1) is 6.20 Å². The summed E-state index contributed by atoms with van der Waals surface area (Å²) in [5.41, 5.74) is 0. The molecule has 78 valence electrons. The topological polar surface area (TPSA) is 37.8 Å². The van der Waals surface area contributed by atoms with E-state index in [9.17, 15) is 0 Å². The van der Waals surface area contributed by atoms with Gasteiger partial charge in [-0.3, -0.25) is 0 Å². The summed E-state index contributed by atoms with van der Waals surface area (Å²) in [6.45, 7) is 4.18. The summed E-state index contributed by atoms with van der Waals surface area (Å²) < 4.78 is 0. The number of nitrogens with one attached hydrogen (secondary N) is 1. The molecule has 0 aliphatic carbocycles.